The van der Waals surface area contributed by atoms with E-state index in [4.69, 9.17) is 14.2 Å². The van der Waals surface area contributed by atoms with Crippen LogP contribution in [0, 0.1) is 20.8 Å². The molecule has 1 heterocycles. The van der Waals surface area contributed by atoms with Gasteiger partial charge in [0.05, 0.1) is 0 Å². The number of carbonyl (C=O) groups is 2. The van der Waals surface area contributed by atoms with Gasteiger partial charge in [0.1, 0.15) is 13.2 Å². The SMILES string of the molecule is Cc1cccc(N(C)C(=O)COC(c2ccccc2)(c2ccccc2)[C@H](Oc2nc(C)cc(C)n2)C(=O)OCc2ccccc2)c1. The molecule has 0 aliphatic carbocycles. The van der Waals surface area contributed by atoms with E-state index in [1.165, 1.54) is 4.90 Å². The van der Waals surface area contributed by atoms with Gasteiger partial charge in [0, 0.05) is 24.1 Å². The van der Waals surface area contributed by atoms with Crippen LogP contribution >= 0.6 is 0 Å². The van der Waals surface area contributed by atoms with E-state index in [0.717, 1.165) is 16.8 Å². The van der Waals surface area contributed by atoms with Crippen LogP contribution in [0.4, 0.5) is 5.69 Å². The van der Waals surface area contributed by atoms with E-state index in [1.807, 2.05) is 142 Å². The number of aryl methyl sites for hydroxylation is 3. The van der Waals surface area contributed by atoms with Gasteiger partial charge in [-0.25, -0.2) is 14.8 Å². The fraction of sp³-hybridized carbons (Fsp3) is 0.211. The van der Waals surface area contributed by atoms with Crippen molar-refractivity contribution in [3.63, 3.8) is 0 Å². The third-order valence-electron chi connectivity index (χ3n) is 7.58. The molecule has 0 radical (unpaired) electrons. The first kappa shape index (κ1) is 32.1. The molecule has 5 rings (SSSR count). The maximum atomic E-state index is 14.3. The predicted molar refractivity (Wildman–Crippen MR) is 176 cm³/mol. The standard InChI is InChI=1S/C38H37N3O5/c1-27-15-14-22-33(23-27)41(4)34(42)26-45-38(31-18-10-6-11-19-31,32-20-12-7-13-21-32)35(46-37-39-28(2)24-29(3)40-37)36(43)44-25-30-16-8-5-9-17-30/h5-24,35H,25-26H2,1-4H3/t35-/m1/s1. The topological polar surface area (TPSA) is 90.9 Å². The Labute approximate surface area is 269 Å². The number of ether oxygens (including phenoxy) is 3. The lowest BCUT2D eigenvalue weighted by Crippen LogP contribution is -2.53. The summed E-state index contributed by atoms with van der Waals surface area (Å²) in [6.07, 6.45) is -1.46. The van der Waals surface area contributed by atoms with Gasteiger partial charge in [-0.1, -0.05) is 103 Å². The van der Waals surface area contributed by atoms with E-state index in [9.17, 15) is 9.59 Å². The Balaban J connectivity index is 1.63. The van der Waals surface area contributed by atoms with Crippen molar-refractivity contribution in [2.45, 2.75) is 39.1 Å². The van der Waals surface area contributed by atoms with E-state index in [0.29, 0.717) is 22.5 Å². The number of hydrogen-bond acceptors (Lipinski definition) is 7. The lowest BCUT2D eigenvalue weighted by molar-refractivity contribution is -0.173. The number of amides is 1. The van der Waals surface area contributed by atoms with Gasteiger partial charge in [0.25, 0.3) is 5.91 Å². The van der Waals surface area contributed by atoms with Crippen LogP contribution in [0.15, 0.2) is 121 Å². The van der Waals surface area contributed by atoms with Gasteiger partial charge in [-0.2, -0.15) is 0 Å². The number of esters is 1. The average molecular weight is 616 g/mol. The minimum Gasteiger partial charge on any atom is -0.458 e. The first-order valence-electron chi connectivity index (χ1n) is 15.0. The molecule has 8 nitrogen and oxygen atoms in total. The van der Waals surface area contributed by atoms with Crippen molar-refractivity contribution in [3.8, 4) is 6.01 Å². The fourth-order valence-electron chi connectivity index (χ4n) is 5.29. The molecule has 0 aliphatic rings. The normalized spacial score (nSPS) is 11.8. The van der Waals surface area contributed by atoms with Gasteiger partial charge in [-0.15, -0.1) is 0 Å². The van der Waals surface area contributed by atoms with E-state index < -0.39 is 17.7 Å². The Morgan fingerprint density at radius 1 is 0.739 bits per heavy atom. The molecule has 8 heteroatoms. The van der Waals surface area contributed by atoms with Crippen molar-refractivity contribution < 1.29 is 23.8 Å². The van der Waals surface area contributed by atoms with E-state index in [2.05, 4.69) is 9.97 Å². The van der Waals surface area contributed by atoms with Crippen LogP contribution in [0.25, 0.3) is 0 Å². The van der Waals surface area contributed by atoms with Crippen LogP contribution in [0.2, 0.25) is 0 Å². The summed E-state index contributed by atoms with van der Waals surface area (Å²) in [4.78, 5) is 38.6. The highest BCUT2D eigenvalue weighted by Gasteiger charge is 2.51. The number of anilines is 1. The number of carbonyl (C=O) groups excluding carboxylic acids is 2. The van der Waals surface area contributed by atoms with Crippen LogP contribution in [0.3, 0.4) is 0 Å². The number of rotatable bonds is 12. The van der Waals surface area contributed by atoms with Gasteiger partial charge in [-0.3, -0.25) is 4.79 Å². The molecular formula is C38H37N3O5. The lowest BCUT2D eigenvalue weighted by atomic mass is 9.81. The third kappa shape index (κ3) is 7.47. The predicted octanol–water partition coefficient (Wildman–Crippen LogP) is 6.52. The second-order valence-corrected chi connectivity index (χ2v) is 11.1. The lowest BCUT2D eigenvalue weighted by Gasteiger charge is -2.39. The zero-order valence-electron chi connectivity index (χ0n) is 26.4. The smallest absolute Gasteiger partial charge is 0.351 e. The van der Waals surface area contributed by atoms with Crippen LogP contribution < -0.4 is 9.64 Å². The highest BCUT2D eigenvalue weighted by atomic mass is 16.6. The molecule has 0 fully saturated rings. The molecule has 4 aromatic carbocycles. The second kappa shape index (κ2) is 14.6. The third-order valence-corrected chi connectivity index (χ3v) is 7.58. The maximum absolute atomic E-state index is 14.3. The molecule has 0 aliphatic heterocycles. The van der Waals surface area contributed by atoms with Crippen molar-refractivity contribution >= 4 is 17.6 Å². The number of benzene rings is 4. The number of aromatic nitrogens is 2. The summed E-state index contributed by atoms with van der Waals surface area (Å²) in [5.41, 5.74) is 3.39. The first-order valence-corrected chi connectivity index (χ1v) is 15.0. The molecule has 1 atom stereocenters. The molecule has 0 N–H and O–H groups in total. The van der Waals surface area contributed by atoms with Gasteiger partial charge in [0.15, 0.2) is 5.60 Å². The van der Waals surface area contributed by atoms with Crippen molar-refractivity contribution in [1.82, 2.24) is 9.97 Å². The van der Waals surface area contributed by atoms with Crippen molar-refractivity contribution in [3.05, 3.63) is 155 Å². The zero-order chi connectivity index (χ0) is 32.5. The zero-order valence-corrected chi connectivity index (χ0v) is 26.4. The van der Waals surface area contributed by atoms with Crippen LogP contribution in [0.5, 0.6) is 6.01 Å². The molecule has 0 spiro atoms. The van der Waals surface area contributed by atoms with Gasteiger partial charge < -0.3 is 19.1 Å². The summed E-state index contributed by atoms with van der Waals surface area (Å²) in [6.45, 7) is 5.23. The minimum absolute atomic E-state index is 0.00191. The first-order chi connectivity index (χ1) is 22.3. The second-order valence-electron chi connectivity index (χ2n) is 11.1. The Hall–Kier alpha value is -5.34. The summed E-state index contributed by atoms with van der Waals surface area (Å²) < 4.78 is 19.1. The Morgan fingerprint density at radius 2 is 1.30 bits per heavy atom. The van der Waals surface area contributed by atoms with Gasteiger partial charge in [-0.05, 0) is 61.2 Å². The van der Waals surface area contributed by atoms with Gasteiger partial charge >= 0.3 is 12.0 Å². The summed E-state index contributed by atoms with van der Waals surface area (Å²) in [5.74, 6) is -1.03. The molecule has 0 bridgehead atoms. The van der Waals surface area contributed by atoms with Crippen molar-refractivity contribution in [1.29, 1.82) is 0 Å². The number of likely N-dealkylation sites (N-methyl/N-ethyl adjacent to an activating group) is 1. The summed E-state index contributed by atoms with van der Waals surface area (Å²) >= 11 is 0. The van der Waals surface area contributed by atoms with Gasteiger partial charge in [0.2, 0.25) is 6.10 Å². The molecule has 1 aromatic heterocycles. The highest BCUT2D eigenvalue weighted by molar-refractivity contribution is 5.94. The van der Waals surface area contributed by atoms with Crippen molar-refractivity contribution in [2.24, 2.45) is 0 Å². The van der Waals surface area contributed by atoms with Crippen molar-refractivity contribution in [2.75, 3.05) is 18.6 Å². The summed E-state index contributed by atoms with van der Waals surface area (Å²) in [6, 6.07) is 37.3. The van der Waals surface area contributed by atoms with E-state index >= 15 is 0 Å². The summed E-state index contributed by atoms with van der Waals surface area (Å²) in [5, 5.41) is 0. The van der Waals surface area contributed by atoms with E-state index in [1.54, 1.807) is 7.05 Å². The molecule has 0 unspecified atom stereocenters. The van der Waals surface area contributed by atoms with Crippen LogP contribution in [0.1, 0.15) is 33.6 Å². The number of hydrogen-bond donors (Lipinski definition) is 0. The Morgan fingerprint density at radius 3 is 1.87 bits per heavy atom. The largest absolute Gasteiger partial charge is 0.458 e. The molecule has 0 saturated heterocycles. The van der Waals surface area contributed by atoms with Crippen LogP contribution in [-0.2, 0) is 31.3 Å². The Bertz CT molecular complexity index is 1700. The Kier molecular flexibility index (Phi) is 10.2. The van der Waals surface area contributed by atoms with E-state index in [-0.39, 0.29) is 25.1 Å². The molecular weight excluding hydrogens is 578 g/mol. The number of nitrogens with zero attached hydrogens (tertiary/aromatic N) is 3. The summed E-state index contributed by atoms with van der Waals surface area (Å²) in [7, 11) is 1.69. The monoisotopic (exact) mass is 615 g/mol. The molecule has 46 heavy (non-hydrogen) atoms. The average Bonchev–Trinajstić information content (AvgIpc) is 3.07. The maximum Gasteiger partial charge on any atom is 0.351 e. The highest BCUT2D eigenvalue weighted by Crippen LogP contribution is 2.40. The van der Waals surface area contributed by atoms with Crippen LogP contribution in [-0.4, -0.2) is 41.6 Å². The molecule has 1 amide bonds. The quantitative estimate of drug-likeness (QED) is 0.148. The minimum atomic E-state index is -1.65. The fourth-order valence-corrected chi connectivity index (χ4v) is 5.29. The molecule has 5 aromatic rings. The molecule has 234 valence electrons. The molecule has 0 saturated carbocycles.